The Labute approximate surface area is 147 Å². The molecule has 4 rings (SSSR count). The summed E-state index contributed by atoms with van der Waals surface area (Å²) in [5.74, 6) is 0.706. The Morgan fingerprint density at radius 3 is 2.65 bits per heavy atom. The minimum atomic E-state index is -2.64. The molecular weight excluding hydrogens is 344 g/mol. The maximum atomic E-state index is 12.9. The summed E-state index contributed by atoms with van der Waals surface area (Å²) >= 11 is 0. The number of fused-ring (bicyclic) bond motifs is 1. The third kappa shape index (κ3) is 2.94. The lowest BCUT2D eigenvalue weighted by Gasteiger charge is -2.25. The molecule has 3 heterocycles. The van der Waals surface area contributed by atoms with E-state index in [0.29, 0.717) is 54.9 Å². The van der Waals surface area contributed by atoms with E-state index in [9.17, 15) is 13.9 Å². The number of hydrogen-bond donors (Lipinski definition) is 1. The van der Waals surface area contributed by atoms with Crippen molar-refractivity contribution in [1.29, 1.82) is 0 Å². The fourth-order valence-corrected chi connectivity index (χ4v) is 3.06. The first-order chi connectivity index (χ1) is 12.5. The van der Waals surface area contributed by atoms with Gasteiger partial charge in [-0.2, -0.15) is 4.98 Å². The lowest BCUT2D eigenvalue weighted by Crippen LogP contribution is -2.36. The van der Waals surface area contributed by atoms with Crippen molar-refractivity contribution >= 4 is 11.7 Å². The van der Waals surface area contributed by atoms with E-state index in [-0.39, 0.29) is 11.3 Å². The van der Waals surface area contributed by atoms with Crippen LogP contribution in [0.5, 0.6) is 5.75 Å². The smallest absolute Gasteiger partial charge is 0.263 e. The number of phenolic OH excluding ortho intramolecular Hbond substituents is 1. The maximum Gasteiger partial charge on any atom is 0.263 e. The predicted octanol–water partition coefficient (Wildman–Crippen LogP) is 2.58. The summed E-state index contributed by atoms with van der Waals surface area (Å²) in [6.45, 7) is 4.32. The van der Waals surface area contributed by atoms with Crippen LogP contribution in [-0.4, -0.2) is 51.0 Å². The normalized spacial score (nSPS) is 15.2. The van der Waals surface area contributed by atoms with E-state index in [2.05, 4.69) is 15.1 Å². The molecule has 1 N–H and O–H groups in total. The molecular formula is C17H17F2N5O2. The van der Waals surface area contributed by atoms with Gasteiger partial charge < -0.3 is 14.7 Å². The number of nitrogens with zero attached hydrogens (tertiary/aromatic N) is 5. The van der Waals surface area contributed by atoms with Gasteiger partial charge in [0, 0.05) is 30.4 Å². The summed E-state index contributed by atoms with van der Waals surface area (Å²) in [4.78, 5) is 10.9. The van der Waals surface area contributed by atoms with Crippen LogP contribution in [0.2, 0.25) is 0 Å². The number of halogens is 2. The van der Waals surface area contributed by atoms with Crippen molar-refractivity contribution in [3.63, 3.8) is 0 Å². The largest absolute Gasteiger partial charge is 0.507 e. The van der Waals surface area contributed by atoms with Crippen molar-refractivity contribution < 1.29 is 18.6 Å². The molecule has 1 fully saturated rings. The first-order valence-corrected chi connectivity index (χ1v) is 8.21. The molecule has 9 heteroatoms. The number of morpholine rings is 1. The number of hydrogen-bond acceptors (Lipinski definition) is 6. The van der Waals surface area contributed by atoms with Gasteiger partial charge in [0.2, 0.25) is 5.95 Å². The molecule has 0 spiro atoms. The number of ether oxygens (including phenoxy) is 1. The fraction of sp³-hybridized carbons (Fsp3) is 0.353. The molecule has 1 aromatic carbocycles. The standard InChI is InChI=1S/C17H17F2N5O2/c1-10-8-11(15(18)19)9-13(25)14(10)12-2-3-24-16(20-12)21-17(22-24)23-4-6-26-7-5-23/h2-3,8-9,15,25H,4-7H2,1H3. The van der Waals surface area contributed by atoms with E-state index in [0.717, 1.165) is 6.07 Å². The number of aryl methyl sites for hydroxylation is 1. The lowest BCUT2D eigenvalue weighted by atomic mass is 10.0. The van der Waals surface area contributed by atoms with Crippen LogP contribution in [0.25, 0.3) is 17.0 Å². The highest BCUT2D eigenvalue weighted by Crippen LogP contribution is 2.35. The predicted molar refractivity (Wildman–Crippen MR) is 90.6 cm³/mol. The minimum absolute atomic E-state index is 0.220. The summed E-state index contributed by atoms with van der Waals surface area (Å²) in [6, 6.07) is 4.10. The molecule has 3 aromatic rings. The zero-order chi connectivity index (χ0) is 18.3. The average molecular weight is 361 g/mol. The van der Waals surface area contributed by atoms with Gasteiger partial charge in [-0.25, -0.2) is 18.3 Å². The Kier molecular flexibility index (Phi) is 4.15. The van der Waals surface area contributed by atoms with Crippen LogP contribution in [0.3, 0.4) is 0 Å². The van der Waals surface area contributed by atoms with Crippen molar-refractivity contribution in [2.24, 2.45) is 0 Å². The molecule has 0 saturated carbocycles. The lowest BCUT2D eigenvalue weighted by molar-refractivity contribution is 0.122. The van der Waals surface area contributed by atoms with E-state index in [1.54, 1.807) is 23.7 Å². The van der Waals surface area contributed by atoms with Gasteiger partial charge in [0.05, 0.1) is 18.9 Å². The Morgan fingerprint density at radius 2 is 1.96 bits per heavy atom. The third-order valence-corrected chi connectivity index (χ3v) is 4.34. The topological polar surface area (TPSA) is 75.8 Å². The molecule has 7 nitrogen and oxygen atoms in total. The van der Waals surface area contributed by atoms with E-state index >= 15 is 0 Å². The SMILES string of the molecule is Cc1cc(C(F)F)cc(O)c1-c1ccn2nc(N3CCOCC3)nc2n1. The highest BCUT2D eigenvalue weighted by molar-refractivity contribution is 5.72. The molecule has 0 unspecified atom stereocenters. The average Bonchev–Trinajstić information content (AvgIpc) is 3.05. The third-order valence-electron chi connectivity index (χ3n) is 4.34. The van der Waals surface area contributed by atoms with Crippen molar-refractivity contribution in [3.05, 3.63) is 35.5 Å². The van der Waals surface area contributed by atoms with Gasteiger partial charge in [-0.05, 0) is 30.7 Å². The second-order valence-corrected chi connectivity index (χ2v) is 6.10. The molecule has 1 saturated heterocycles. The molecule has 2 aromatic heterocycles. The van der Waals surface area contributed by atoms with Crippen LogP contribution in [-0.2, 0) is 4.74 Å². The number of aromatic hydroxyl groups is 1. The number of benzene rings is 1. The second-order valence-electron chi connectivity index (χ2n) is 6.10. The van der Waals surface area contributed by atoms with Gasteiger partial charge in [-0.3, -0.25) is 0 Å². The highest BCUT2D eigenvalue weighted by atomic mass is 19.3. The van der Waals surface area contributed by atoms with E-state index in [1.807, 2.05) is 4.90 Å². The first-order valence-electron chi connectivity index (χ1n) is 8.21. The summed E-state index contributed by atoms with van der Waals surface area (Å²) in [6.07, 6.45) is -0.953. The molecule has 26 heavy (non-hydrogen) atoms. The molecule has 0 aliphatic carbocycles. The van der Waals surface area contributed by atoms with E-state index < -0.39 is 6.43 Å². The molecule has 0 bridgehead atoms. The maximum absolute atomic E-state index is 12.9. The van der Waals surface area contributed by atoms with Gasteiger partial charge >= 0.3 is 0 Å². The van der Waals surface area contributed by atoms with Crippen LogP contribution in [0, 0.1) is 6.92 Å². The molecule has 0 atom stereocenters. The van der Waals surface area contributed by atoms with Gasteiger partial charge in [0.25, 0.3) is 12.2 Å². The Hall–Kier alpha value is -2.81. The zero-order valence-corrected chi connectivity index (χ0v) is 14.1. The summed E-state index contributed by atoms with van der Waals surface area (Å²) < 4.78 is 32.6. The number of alkyl halides is 2. The van der Waals surface area contributed by atoms with Crippen molar-refractivity contribution in [2.75, 3.05) is 31.2 Å². The van der Waals surface area contributed by atoms with Crippen LogP contribution in [0.15, 0.2) is 24.4 Å². The summed E-state index contributed by atoms with van der Waals surface area (Å²) in [5, 5.41) is 14.6. The number of rotatable bonds is 3. The van der Waals surface area contributed by atoms with E-state index in [1.165, 1.54) is 6.07 Å². The van der Waals surface area contributed by atoms with E-state index in [4.69, 9.17) is 4.74 Å². The minimum Gasteiger partial charge on any atom is -0.507 e. The van der Waals surface area contributed by atoms with Gasteiger partial charge in [-0.15, -0.1) is 5.10 Å². The van der Waals surface area contributed by atoms with Gasteiger partial charge in [-0.1, -0.05) is 0 Å². The Bertz CT molecular complexity index is 930. The number of phenols is 1. The number of aromatic nitrogens is 4. The summed E-state index contributed by atoms with van der Waals surface area (Å²) in [7, 11) is 0. The molecule has 1 aliphatic heterocycles. The number of anilines is 1. The molecule has 1 aliphatic rings. The first kappa shape index (κ1) is 16.6. The van der Waals surface area contributed by atoms with Crippen molar-refractivity contribution in [3.8, 4) is 17.0 Å². The zero-order valence-electron chi connectivity index (χ0n) is 14.1. The Morgan fingerprint density at radius 1 is 1.19 bits per heavy atom. The summed E-state index contributed by atoms with van der Waals surface area (Å²) in [5.41, 5.74) is 1.16. The molecule has 0 radical (unpaired) electrons. The van der Waals surface area contributed by atoms with Crippen LogP contribution in [0.1, 0.15) is 17.6 Å². The Balaban J connectivity index is 1.73. The van der Waals surface area contributed by atoms with Crippen molar-refractivity contribution in [1.82, 2.24) is 19.6 Å². The van der Waals surface area contributed by atoms with Gasteiger partial charge in [0.15, 0.2) is 0 Å². The van der Waals surface area contributed by atoms with Gasteiger partial charge in [0.1, 0.15) is 5.75 Å². The van der Waals surface area contributed by atoms with Crippen LogP contribution in [0.4, 0.5) is 14.7 Å². The molecule has 136 valence electrons. The quantitative estimate of drug-likeness (QED) is 0.773. The van der Waals surface area contributed by atoms with Crippen LogP contribution >= 0.6 is 0 Å². The monoisotopic (exact) mass is 361 g/mol. The second kappa shape index (κ2) is 6.49. The molecule has 0 amide bonds. The van der Waals surface area contributed by atoms with Crippen molar-refractivity contribution in [2.45, 2.75) is 13.3 Å². The highest BCUT2D eigenvalue weighted by Gasteiger charge is 2.19. The van der Waals surface area contributed by atoms with Crippen LogP contribution < -0.4 is 4.90 Å². The fourth-order valence-electron chi connectivity index (χ4n) is 3.06.